The summed E-state index contributed by atoms with van der Waals surface area (Å²) >= 11 is 0. The van der Waals surface area contributed by atoms with Crippen molar-refractivity contribution in [1.29, 1.82) is 0 Å². The van der Waals surface area contributed by atoms with Gasteiger partial charge in [0, 0.05) is 11.6 Å². The van der Waals surface area contributed by atoms with E-state index in [0.29, 0.717) is 22.9 Å². The van der Waals surface area contributed by atoms with Crippen molar-refractivity contribution in [2.45, 2.75) is 6.92 Å². The zero-order chi connectivity index (χ0) is 20.8. The first-order chi connectivity index (χ1) is 14.0. The van der Waals surface area contributed by atoms with Gasteiger partial charge in [0.25, 0.3) is 5.91 Å². The summed E-state index contributed by atoms with van der Waals surface area (Å²) in [5, 5.41) is 6.04. The third-order valence-corrected chi connectivity index (χ3v) is 4.25. The number of methoxy groups -OCH3 is 3. The van der Waals surface area contributed by atoms with Gasteiger partial charge in [-0.1, -0.05) is 6.07 Å². The molecule has 1 heterocycles. The lowest BCUT2D eigenvalue weighted by atomic mass is 10.2. The average Bonchev–Trinajstić information content (AvgIpc) is 2.74. The summed E-state index contributed by atoms with van der Waals surface area (Å²) in [6.45, 7) is 2.01. The van der Waals surface area contributed by atoms with Gasteiger partial charge in [-0.3, -0.25) is 4.79 Å². The molecule has 7 nitrogen and oxygen atoms in total. The molecule has 3 rings (SSSR count). The number of carbonyl (C=O) groups excluding carboxylic acids is 1. The van der Waals surface area contributed by atoms with Crippen LogP contribution in [0.15, 0.2) is 54.7 Å². The number of carbonyl (C=O) groups is 1. The molecule has 0 aliphatic rings. The van der Waals surface area contributed by atoms with Crippen molar-refractivity contribution in [3.8, 4) is 17.2 Å². The van der Waals surface area contributed by atoms with Gasteiger partial charge in [-0.15, -0.1) is 0 Å². The second-order valence-corrected chi connectivity index (χ2v) is 6.32. The molecular formula is C22H23N3O4. The van der Waals surface area contributed by atoms with Crippen LogP contribution in [0.25, 0.3) is 0 Å². The molecule has 0 saturated carbocycles. The molecule has 0 aliphatic heterocycles. The third kappa shape index (κ3) is 4.95. The predicted molar refractivity (Wildman–Crippen MR) is 113 cm³/mol. The number of rotatable bonds is 7. The molecular weight excluding hydrogens is 370 g/mol. The van der Waals surface area contributed by atoms with Gasteiger partial charge in [-0.05, 0) is 48.9 Å². The predicted octanol–water partition coefficient (Wildman–Crippen LogP) is 4.41. The van der Waals surface area contributed by atoms with E-state index in [-0.39, 0.29) is 5.91 Å². The number of anilines is 3. The number of nitrogens with one attached hydrogen (secondary N) is 2. The molecule has 0 aliphatic carbocycles. The maximum Gasteiger partial charge on any atom is 0.257 e. The van der Waals surface area contributed by atoms with Gasteiger partial charge in [0.2, 0.25) is 0 Å². The second kappa shape index (κ2) is 8.97. The van der Waals surface area contributed by atoms with Gasteiger partial charge in [-0.2, -0.15) is 0 Å². The number of aryl methyl sites for hydroxylation is 1. The lowest BCUT2D eigenvalue weighted by Crippen LogP contribution is -2.13. The van der Waals surface area contributed by atoms with E-state index in [1.54, 1.807) is 37.6 Å². The molecule has 0 radical (unpaired) electrons. The molecule has 7 heteroatoms. The molecule has 0 bridgehead atoms. The number of aromatic nitrogens is 1. The molecule has 1 aromatic heterocycles. The van der Waals surface area contributed by atoms with Crippen molar-refractivity contribution < 1.29 is 19.0 Å². The summed E-state index contributed by atoms with van der Waals surface area (Å²) in [6, 6.07) is 14.4. The van der Waals surface area contributed by atoms with E-state index in [1.807, 2.05) is 31.2 Å². The Morgan fingerprint density at radius 3 is 2.21 bits per heavy atom. The van der Waals surface area contributed by atoms with Crippen LogP contribution in [-0.4, -0.2) is 32.2 Å². The Bertz CT molecular complexity index is 981. The molecule has 0 spiro atoms. The van der Waals surface area contributed by atoms with Gasteiger partial charge in [-0.25, -0.2) is 4.98 Å². The zero-order valence-corrected chi connectivity index (χ0v) is 16.8. The van der Waals surface area contributed by atoms with E-state index < -0.39 is 0 Å². The Morgan fingerprint density at radius 2 is 1.62 bits per heavy atom. The van der Waals surface area contributed by atoms with Crippen LogP contribution in [0, 0.1) is 6.92 Å². The summed E-state index contributed by atoms with van der Waals surface area (Å²) in [7, 11) is 4.69. The fourth-order valence-corrected chi connectivity index (χ4v) is 2.74. The van der Waals surface area contributed by atoms with Crippen LogP contribution in [0.5, 0.6) is 17.2 Å². The van der Waals surface area contributed by atoms with Crippen molar-refractivity contribution in [2.24, 2.45) is 0 Å². The van der Waals surface area contributed by atoms with Crippen LogP contribution in [0.3, 0.4) is 0 Å². The number of pyridine rings is 1. The summed E-state index contributed by atoms with van der Waals surface area (Å²) in [6.07, 6.45) is 1.64. The highest BCUT2D eigenvalue weighted by Crippen LogP contribution is 2.28. The van der Waals surface area contributed by atoms with Crippen molar-refractivity contribution in [3.63, 3.8) is 0 Å². The van der Waals surface area contributed by atoms with Crippen molar-refractivity contribution >= 4 is 23.1 Å². The van der Waals surface area contributed by atoms with Crippen LogP contribution >= 0.6 is 0 Å². The molecule has 3 aromatic rings. The summed E-state index contributed by atoms with van der Waals surface area (Å²) in [4.78, 5) is 16.9. The number of amides is 1. The van der Waals surface area contributed by atoms with Gasteiger partial charge in [0.05, 0.1) is 38.9 Å². The number of hydrogen-bond donors (Lipinski definition) is 2. The van der Waals surface area contributed by atoms with Gasteiger partial charge < -0.3 is 24.8 Å². The molecule has 0 unspecified atom stereocenters. The molecule has 2 N–H and O–H groups in total. The number of nitrogens with zero attached hydrogens (tertiary/aromatic N) is 1. The van der Waals surface area contributed by atoms with Crippen LogP contribution in [0.4, 0.5) is 17.2 Å². The first kappa shape index (κ1) is 20.0. The first-order valence-corrected chi connectivity index (χ1v) is 8.94. The minimum Gasteiger partial charge on any atom is -0.497 e. The Balaban J connectivity index is 1.73. The monoisotopic (exact) mass is 393 g/mol. The fourth-order valence-electron chi connectivity index (χ4n) is 2.74. The molecule has 150 valence electrons. The van der Waals surface area contributed by atoms with Crippen LogP contribution in [0.1, 0.15) is 15.9 Å². The Hall–Kier alpha value is -3.74. The summed E-state index contributed by atoms with van der Waals surface area (Å²) in [5.41, 5.74) is 3.14. The van der Waals surface area contributed by atoms with Gasteiger partial charge in [0.1, 0.15) is 23.1 Å². The van der Waals surface area contributed by atoms with E-state index in [4.69, 9.17) is 14.2 Å². The van der Waals surface area contributed by atoms with E-state index in [1.165, 1.54) is 14.2 Å². The molecule has 1 amide bonds. The Kier molecular flexibility index (Phi) is 6.19. The highest BCUT2D eigenvalue weighted by molar-refractivity contribution is 6.04. The minimum absolute atomic E-state index is 0.309. The molecule has 2 aromatic carbocycles. The van der Waals surface area contributed by atoms with Crippen LogP contribution in [0.2, 0.25) is 0 Å². The third-order valence-electron chi connectivity index (χ3n) is 4.25. The SMILES string of the molecule is COc1cc(OC)cc(C(=O)Nc2ccc(Nc3cc(C)ccc3OC)cn2)c1. The average molecular weight is 393 g/mol. The van der Waals surface area contributed by atoms with Crippen LogP contribution < -0.4 is 24.8 Å². The second-order valence-electron chi connectivity index (χ2n) is 6.32. The quantitative estimate of drug-likeness (QED) is 0.619. The van der Waals surface area contributed by atoms with Crippen molar-refractivity contribution in [2.75, 3.05) is 32.0 Å². The summed E-state index contributed by atoms with van der Waals surface area (Å²) < 4.78 is 15.8. The zero-order valence-electron chi connectivity index (χ0n) is 16.8. The molecule has 29 heavy (non-hydrogen) atoms. The number of hydrogen-bond acceptors (Lipinski definition) is 6. The van der Waals surface area contributed by atoms with E-state index in [0.717, 1.165) is 22.7 Å². The largest absolute Gasteiger partial charge is 0.497 e. The van der Waals surface area contributed by atoms with E-state index in [9.17, 15) is 4.79 Å². The van der Waals surface area contributed by atoms with E-state index in [2.05, 4.69) is 15.6 Å². The van der Waals surface area contributed by atoms with Crippen molar-refractivity contribution in [1.82, 2.24) is 4.98 Å². The highest BCUT2D eigenvalue weighted by Gasteiger charge is 2.11. The Labute approximate surface area is 169 Å². The van der Waals surface area contributed by atoms with Gasteiger partial charge >= 0.3 is 0 Å². The first-order valence-electron chi connectivity index (χ1n) is 8.94. The number of ether oxygens (including phenoxy) is 3. The maximum atomic E-state index is 12.6. The standard InChI is InChI=1S/C22H23N3O4/c1-14-5-7-20(29-4)19(9-14)24-16-6-8-21(23-13-16)25-22(26)15-10-17(27-2)12-18(11-15)28-3/h5-13,24H,1-4H3,(H,23,25,26). The van der Waals surface area contributed by atoms with Crippen LogP contribution in [-0.2, 0) is 0 Å². The molecule has 0 fully saturated rings. The Morgan fingerprint density at radius 1 is 0.897 bits per heavy atom. The van der Waals surface area contributed by atoms with Crippen molar-refractivity contribution in [3.05, 3.63) is 65.9 Å². The fraction of sp³-hybridized carbons (Fsp3) is 0.182. The number of benzene rings is 2. The lowest BCUT2D eigenvalue weighted by Gasteiger charge is -2.12. The maximum absolute atomic E-state index is 12.6. The molecule has 0 saturated heterocycles. The lowest BCUT2D eigenvalue weighted by molar-refractivity contribution is 0.102. The minimum atomic E-state index is -0.309. The normalized spacial score (nSPS) is 10.2. The summed E-state index contributed by atoms with van der Waals surface area (Å²) in [5.74, 6) is 1.93. The molecule has 0 atom stereocenters. The topological polar surface area (TPSA) is 81.7 Å². The van der Waals surface area contributed by atoms with Gasteiger partial charge in [0.15, 0.2) is 0 Å². The smallest absolute Gasteiger partial charge is 0.257 e. The highest BCUT2D eigenvalue weighted by atomic mass is 16.5. The van der Waals surface area contributed by atoms with E-state index >= 15 is 0 Å².